The molecular weight excluding hydrogens is 284 g/mol. The first kappa shape index (κ1) is 14.4. The van der Waals surface area contributed by atoms with E-state index in [0.29, 0.717) is 5.56 Å². The summed E-state index contributed by atoms with van der Waals surface area (Å²) in [6.07, 6.45) is -0.964. The Labute approximate surface area is 117 Å². The molecule has 2 N–H and O–H groups in total. The van der Waals surface area contributed by atoms with E-state index < -0.39 is 28.9 Å². The van der Waals surface area contributed by atoms with Crippen LogP contribution in [0.5, 0.6) is 0 Å². The zero-order chi connectivity index (χ0) is 15.6. The van der Waals surface area contributed by atoms with Crippen molar-refractivity contribution in [1.29, 1.82) is 0 Å². The number of rotatable bonds is 5. The average molecular weight is 294 g/mol. The van der Waals surface area contributed by atoms with E-state index in [1.54, 1.807) is 0 Å². The number of nitro groups is 1. The van der Waals surface area contributed by atoms with Crippen LogP contribution in [0, 0.1) is 10.1 Å². The number of hydrogen-bond acceptors (Lipinski definition) is 6. The molecule has 9 nitrogen and oxygen atoms in total. The van der Waals surface area contributed by atoms with Crippen molar-refractivity contribution < 1.29 is 29.6 Å². The highest BCUT2D eigenvalue weighted by Gasteiger charge is 2.49. The number of carboxylic acid groups (broad SMARTS) is 2. The lowest BCUT2D eigenvalue weighted by Crippen LogP contribution is -2.41. The van der Waals surface area contributed by atoms with E-state index in [0.717, 1.165) is 0 Å². The van der Waals surface area contributed by atoms with E-state index >= 15 is 0 Å². The lowest BCUT2D eigenvalue weighted by atomic mass is 9.91. The molecule has 0 amide bonds. The third kappa shape index (κ3) is 2.81. The van der Waals surface area contributed by atoms with Gasteiger partial charge >= 0.3 is 11.9 Å². The maximum atomic E-state index is 11.2. The molecule has 0 radical (unpaired) electrons. The van der Waals surface area contributed by atoms with Gasteiger partial charge in [0.15, 0.2) is 0 Å². The summed E-state index contributed by atoms with van der Waals surface area (Å²) in [5, 5.41) is 32.1. The Kier molecular flexibility index (Phi) is 3.57. The molecule has 9 heteroatoms. The van der Waals surface area contributed by atoms with Gasteiger partial charge in [0.25, 0.3) is 5.69 Å². The van der Waals surface area contributed by atoms with E-state index in [-0.39, 0.29) is 17.8 Å². The van der Waals surface area contributed by atoms with Gasteiger partial charge in [0.1, 0.15) is 0 Å². The SMILES string of the molecule is O=C(O)CC1(C(=O)O)CC(c2ccc([N+](=O)[O-])cc2)=NO1. The van der Waals surface area contributed by atoms with Gasteiger partial charge in [-0.25, -0.2) is 4.79 Å². The highest BCUT2D eigenvalue weighted by atomic mass is 16.7. The van der Waals surface area contributed by atoms with E-state index in [4.69, 9.17) is 15.1 Å². The fourth-order valence-electron chi connectivity index (χ4n) is 1.94. The summed E-state index contributed by atoms with van der Waals surface area (Å²) in [5.74, 6) is -2.75. The second-order valence-electron chi connectivity index (χ2n) is 4.48. The molecule has 1 aliphatic rings. The van der Waals surface area contributed by atoms with Gasteiger partial charge in [-0.05, 0) is 17.7 Å². The van der Waals surface area contributed by atoms with Crippen molar-refractivity contribution in [3.63, 3.8) is 0 Å². The fraction of sp³-hybridized carbons (Fsp3) is 0.250. The highest BCUT2D eigenvalue weighted by Crippen LogP contribution is 2.31. The third-order valence-electron chi connectivity index (χ3n) is 3.02. The van der Waals surface area contributed by atoms with Crippen molar-refractivity contribution in [1.82, 2.24) is 0 Å². The van der Waals surface area contributed by atoms with Crippen LogP contribution >= 0.6 is 0 Å². The van der Waals surface area contributed by atoms with Crippen molar-refractivity contribution in [3.05, 3.63) is 39.9 Å². The monoisotopic (exact) mass is 294 g/mol. The Morgan fingerprint density at radius 2 is 1.95 bits per heavy atom. The molecule has 1 atom stereocenters. The minimum Gasteiger partial charge on any atom is -0.481 e. The zero-order valence-corrected chi connectivity index (χ0v) is 10.6. The third-order valence-corrected chi connectivity index (χ3v) is 3.02. The minimum atomic E-state index is -1.94. The van der Waals surface area contributed by atoms with Crippen molar-refractivity contribution in [2.45, 2.75) is 18.4 Å². The maximum absolute atomic E-state index is 11.2. The van der Waals surface area contributed by atoms with Crippen molar-refractivity contribution in [2.24, 2.45) is 5.16 Å². The first-order valence-electron chi connectivity index (χ1n) is 5.79. The van der Waals surface area contributed by atoms with Crippen LogP contribution in [0.25, 0.3) is 0 Å². The van der Waals surface area contributed by atoms with Crippen LogP contribution in [-0.4, -0.2) is 38.4 Å². The number of carboxylic acids is 2. The molecule has 1 aromatic carbocycles. The molecule has 0 aliphatic carbocycles. The molecule has 1 heterocycles. The van der Waals surface area contributed by atoms with Gasteiger partial charge < -0.3 is 15.1 Å². The Morgan fingerprint density at radius 3 is 2.43 bits per heavy atom. The molecule has 0 bridgehead atoms. The van der Waals surface area contributed by atoms with Gasteiger partial charge in [-0.3, -0.25) is 14.9 Å². The molecule has 2 rings (SSSR count). The standard InChI is InChI=1S/C12H10N2O7/c15-10(16)6-12(11(17)18)5-9(13-21-12)7-1-3-8(4-2-7)14(19)20/h1-4H,5-6H2,(H,15,16)(H,17,18). The summed E-state index contributed by atoms with van der Waals surface area (Å²) >= 11 is 0. The predicted octanol–water partition coefficient (Wildman–Crippen LogP) is 1.02. The molecule has 0 aromatic heterocycles. The topological polar surface area (TPSA) is 139 Å². The number of nitrogens with zero attached hydrogens (tertiary/aromatic N) is 2. The predicted molar refractivity (Wildman–Crippen MR) is 68.0 cm³/mol. The average Bonchev–Trinajstić information content (AvgIpc) is 2.83. The number of oxime groups is 1. The normalized spacial score (nSPS) is 20.5. The summed E-state index contributed by atoms with van der Waals surface area (Å²) in [6.45, 7) is 0. The first-order valence-corrected chi connectivity index (χ1v) is 5.79. The largest absolute Gasteiger partial charge is 0.481 e. The Bertz CT molecular complexity index is 638. The van der Waals surface area contributed by atoms with Crippen LogP contribution in [0.2, 0.25) is 0 Å². The molecule has 21 heavy (non-hydrogen) atoms. The molecule has 1 aromatic rings. The van der Waals surface area contributed by atoms with Crippen molar-refractivity contribution in [3.8, 4) is 0 Å². The van der Waals surface area contributed by atoms with Crippen molar-refractivity contribution in [2.75, 3.05) is 0 Å². The fourth-order valence-corrected chi connectivity index (χ4v) is 1.94. The Hall–Kier alpha value is -2.97. The minimum absolute atomic E-state index is 0.117. The van der Waals surface area contributed by atoms with Gasteiger partial charge in [-0.1, -0.05) is 5.16 Å². The van der Waals surface area contributed by atoms with Crippen LogP contribution in [0.1, 0.15) is 18.4 Å². The Balaban J connectivity index is 2.22. The lowest BCUT2D eigenvalue weighted by Gasteiger charge is -2.18. The van der Waals surface area contributed by atoms with Gasteiger partial charge in [0.2, 0.25) is 5.60 Å². The van der Waals surface area contributed by atoms with E-state index in [9.17, 15) is 19.7 Å². The second-order valence-corrected chi connectivity index (χ2v) is 4.48. The van der Waals surface area contributed by atoms with E-state index in [2.05, 4.69) is 5.16 Å². The summed E-state index contributed by atoms with van der Waals surface area (Å²) in [6, 6.07) is 5.30. The molecule has 0 fully saturated rings. The molecule has 0 saturated heterocycles. The molecular formula is C12H10N2O7. The van der Waals surface area contributed by atoms with Crippen LogP contribution in [0.15, 0.2) is 29.4 Å². The maximum Gasteiger partial charge on any atom is 0.351 e. The van der Waals surface area contributed by atoms with E-state index in [1.165, 1.54) is 24.3 Å². The number of hydrogen-bond donors (Lipinski definition) is 2. The number of non-ortho nitro benzene ring substituents is 1. The number of carbonyl (C=O) groups is 2. The van der Waals surface area contributed by atoms with E-state index in [1.807, 2.05) is 0 Å². The molecule has 1 unspecified atom stereocenters. The van der Waals surface area contributed by atoms with Crippen molar-refractivity contribution >= 4 is 23.3 Å². The zero-order valence-electron chi connectivity index (χ0n) is 10.6. The van der Waals surface area contributed by atoms with Gasteiger partial charge in [0.05, 0.1) is 17.1 Å². The van der Waals surface area contributed by atoms with Crippen LogP contribution < -0.4 is 0 Å². The molecule has 0 spiro atoms. The summed E-state index contributed by atoms with van der Waals surface area (Å²) < 4.78 is 0. The number of nitro benzene ring substituents is 1. The Morgan fingerprint density at radius 1 is 1.33 bits per heavy atom. The summed E-state index contributed by atoms with van der Waals surface area (Å²) in [5.41, 5.74) is -1.39. The van der Waals surface area contributed by atoms with Crippen LogP contribution in [0.3, 0.4) is 0 Å². The smallest absolute Gasteiger partial charge is 0.351 e. The molecule has 110 valence electrons. The molecule has 1 aliphatic heterocycles. The lowest BCUT2D eigenvalue weighted by molar-refractivity contribution is -0.384. The van der Waals surface area contributed by atoms with Crippen LogP contribution in [-0.2, 0) is 14.4 Å². The summed E-state index contributed by atoms with van der Waals surface area (Å²) in [4.78, 5) is 36.8. The number of benzene rings is 1. The molecule has 0 saturated carbocycles. The highest BCUT2D eigenvalue weighted by molar-refractivity contribution is 6.05. The number of aliphatic carboxylic acids is 2. The first-order chi connectivity index (χ1) is 9.84. The van der Waals surface area contributed by atoms with Gasteiger partial charge in [-0.2, -0.15) is 0 Å². The summed E-state index contributed by atoms with van der Waals surface area (Å²) in [7, 11) is 0. The van der Waals surface area contributed by atoms with Gasteiger partial charge in [-0.15, -0.1) is 0 Å². The van der Waals surface area contributed by atoms with Crippen LogP contribution in [0.4, 0.5) is 5.69 Å². The van der Waals surface area contributed by atoms with Gasteiger partial charge in [0, 0.05) is 18.6 Å². The quantitative estimate of drug-likeness (QED) is 0.610. The second kappa shape index (κ2) is 5.19.